The summed E-state index contributed by atoms with van der Waals surface area (Å²) in [6, 6.07) is 30.7. The van der Waals surface area contributed by atoms with E-state index >= 15 is 0 Å². The quantitative estimate of drug-likeness (QED) is 0.289. The third kappa shape index (κ3) is 1.42. The number of aromatic nitrogens is 1. The Labute approximate surface area is 219 Å². The number of nitrogens with zero attached hydrogens (tertiary/aromatic N) is 1. The number of para-hydroxylation sites is 1. The number of rotatable bonds is 3. The SMILES string of the molecule is [B]1B2B3[B-]P123NP12(c3cccc4c3c3cccc5c3n4-c3cccc4c3B5c3ccccc3-4)B3[B-]B1B32. The van der Waals surface area contributed by atoms with E-state index in [9.17, 15) is 0 Å². The van der Waals surface area contributed by atoms with Crippen LogP contribution < -0.4 is 26.6 Å². The molecular weight excluding hydrogens is 476 g/mol. The van der Waals surface area contributed by atoms with Crippen LogP contribution in [0.4, 0.5) is 0 Å². The number of hydrogen-bond acceptors (Lipinski definition) is 1. The monoisotopic (exact) mass is 491 g/mol. The predicted molar refractivity (Wildman–Crippen MR) is 174 cm³/mol. The van der Waals surface area contributed by atoms with Crippen molar-refractivity contribution in [2.45, 2.75) is 0 Å². The van der Waals surface area contributed by atoms with Crippen LogP contribution in [0.5, 0.6) is 0 Å². The van der Waals surface area contributed by atoms with E-state index in [0.717, 1.165) is 31.1 Å². The predicted octanol–water partition coefficient (Wildman–Crippen LogP) is 0.949. The molecule has 9 aliphatic heterocycles. The van der Waals surface area contributed by atoms with Crippen LogP contribution in [-0.4, -0.2) is 63.2 Å². The van der Waals surface area contributed by atoms with Gasteiger partial charge in [-0.3, -0.25) is 0 Å². The van der Waals surface area contributed by atoms with Crippen LogP contribution in [0.25, 0.3) is 38.6 Å². The van der Waals surface area contributed by atoms with Crippen molar-refractivity contribution in [2.24, 2.45) is 0 Å². The van der Waals surface area contributed by atoms with Gasteiger partial charge < -0.3 is 0 Å². The number of benzene rings is 4. The summed E-state index contributed by atoms with van der Waals surface area (Å²) in [6.07, 6.45) is 1.12. The molecule has 2 nitrogen and oxygen atoms in total. The van der Waals surface area contributed by atoms with Gasteiger partial charge in [0, 0.05) is 0 Å². The summed E-state index contributed by atoms with van der Waals surface area (Å²) in [5.41, 5.74) is 11.6. The van der Waals surface area contributed by atoms with Crippen LogP contribution >= 0.6 is 12.7 Å². The van der Waals surface area contributed by atoms with Crippen molar-refractivity contribution in [1.29, 1.82) is 0 Å². The zero-order chi connectivity index (χ0) is 23.3. The Morgan fingerprint density at radius 2 is 1.59 bits per heavy atom. The molecule has 37 heavy (non-hydrogen) atoms. The molecule has 159 valence electrons. The van der Waals surface area contributed by atoms with Crippen molar-refractivity contribution in [1.82, 2.24) is 9.42 Å². The van der Waals surface area contributed by atoms with E-state index in [1.165, 1.54) is 49.6 Å². The molecule has 2 bridgehead atoms. The zero-order valence-corrected chi connectivity index (χ0v) is 21.8. The average molecular weight is 490 g/mol. The summed E-state index contributed by atoms with van der Waals surface area (Å²) in [7, 11) is 2.71. The molecule has 1 spiro atoms. The molecule has 0 aliphatic carbocycles. The van der Waals surface area contributed by atoms with Crippen molar-refractivity contribution in [2.75, 3.05) is 0 Å². The topological polar surface area (TPSA) is 17.0 Å². The van der Waals surface area contributed by atoms with Gasteiger partial charge in [0.15, 0.2) is 0 Å². The molecule has 0 atom stereocenters. The molecule has 5 radical (unpaired) electrons. The molecule has 1 aromatic heterocycles. The molecule has 1 N–H and O–H groups in total. The van der Waals surface area contributed by atoms with Gasteiger partial charge in [-0.1, -0.05) is 0 Å². The maximum absolute atomic E-state index is 4.69. The Hall–Kier alpha value is -1.92. The van der Waals surface area contributed by atoms with Crippen LogP contribution in [0.1, 0.15) is 0 Å². The number of nitrogens with one attached hydrogen (secondary N) is 1. The molecule has 9 aliphatic rings. The summed E-state index contributed by atoms with van der Waals surface area (Å²) in [5.74, 6) is 0. The van der Waals surface area contributed by atoms with Gasteiger partial charge in [-0.05, 0) is 0 Å². The second-order valence-corrected chi connectivity index (χ2v) is 23.6. The van der Waals surface area contributed by atoms with Gasteiger partial charge in [0.05, 0.1) is 0 Å². The Kier molecular flexibility index (Phi) is 2.34. The first-order valence-electron chi connectivity index (χ1n) is 13.9. The third-order valence-electron chi connectivity index (χ3n) is 12.5. The van der Waals surface area contributed by atoms with E-state index in [1.54, 1.807) is 10.7 Å². The normalized spacial score (nSPS) is 27.4. The summed E-state index contributed by atoms with van der Waals surface area (Å²) >= 11 is 0. The molecule has 14 rings (SSSR count). The second kappa shape index (κ2) is 4.70. The molecule has 0 saturated carbocycles. The molecule has 7 saturated heterocycles. The van der Waals surface area contributed by atoms with Crippen molar-refractivity contribution in [3.63, 3.8) is 0 Å². The summed E-state index contributed by atoms with van der Waals surface area (Å²) < 4.78 is 2.65. The second-order valence-electron chi connectivity index (χ2n) is 13.3. The van der Waals surface area contributed by atoms with E-state index in [0.29, 0.717) is 6.71 Å². The van der Waals surface area contributed by atoms with Gasteiger partial charge in [-0.2, -0.15) is 0 Å². The Morgan fingerprint density at radius 1 is 0.811 bits per heavy atom. The molecule has 0 amide bonds. The van der Waals surface area contributed by atoms with Crippen molar-refractivity contribution in [3.8, 4) is 16.8 Å². The average Bonchev–Trinajstić information content (AvgIpc) is 3.85. The molecule has 7 fully saturated rings. The first-order chi connectivity index (χ1) is 18.2. The van der Waals surface area contributed by atoms with E-state index in [-0.39, 0.29) is 0 Å². The summed E-state index contributed by atoms with van der Waals surface area (Å²) in [6.45, 7) is 5.85. The van der Waals surface area contributed by atoms with E-state index in [1.807, 2.05) is 0 Å². The minimum absolute atomic E-state index is 0.337. The van der Waals surface area contributed by atoms with Gasteiger partial charge in [0.1, 0.15) is 0 Å². The van der Waals surface area contributed by atoms with Crippen LogP contribution in [0.15, 0.2) is 78.9 Å². The Morgan fingerprint density at radius 3 is 2.38 bits per heavy atom. The minimum atomic E-state index is -2.00. The van der Waals surface area contributed by atoms with Crippen molar-refractivity contribution >= 4 is 115 Å². The summed E-state index contributed by atoms with van der Waals surface area (Å²) in [5, 5.41) is 4.81. The zero-order valence-electron chi connectivity index (χ0n) is 20.0. The standard InChI is InChI=1S/C24H14B9N2P2/c1-2-9-17-14(6-1)15-7-4-12-20-23(15)28(17)18-10-3-8-16-22-19(35(20)24(16)18)11-5-13-21(22)36(29-25-30(36)33(29)36)34-37-26-31(37)32(37)27-37/h1-13,34H/q-2. The molecule has 4 aromatic carbocycles. The van der Waals surface area contributed by atoms with Crippen molar-refractivity contribution < 1.29 is 0 Å². The van der Waals surface area contributed by atoms with Gasteiger partial charge >= 0.3 is 220 Å². The van der Waals surface area contributed by atoms with E-state index in [4.69, 9.17) is 4.86 Å². The fourth-order valence-corrected chi connectivity index (χ4v) is 30.0. The van der Waals surface area contributed by atoms with Gasteiger partial charge in [0.25, 0.3) is 0 Å². The Balaban J connectivity index is 1.18. The molecule has 5 aromatic rings. The fraction of sp³-hybridized carbons (Fsp3) is 0. The van der Waals surface area contributed by atoms with Crippen molar-refractivity contribution in [3.05, 3.63) is 78.9 Å². The van der Waals surface area contributed by atoms with Crippen LogP contribution in [0.2, 0.25) is 0 Å². The van der Waals surface area contributed by atoms with Crippen LogP contribution in [-0.2, 0) is 0 Å². The van der Waals surface area contributed by atoms with Gasteiger partial charge in [-0.25, -0.2) is 0 Å². The number of hydrogen-bond donors (Lipinski definition) is 1. The van der Waals surface area contributed by atoms with E-state index < -0.39 is 12.7 Å². The van der Waals surface area contributed by atoms with E-state index in [2.05, 4.69) is 104 Å². The van der Waals surface area contributed by atoms with Crippen LogP contribution in [0.3, 0.4) is 0 Å². The van der Waals surface area contributed by atoms with Gasteiger partial charge in [0.2, 0.25) is 0 Å². The first-order valence-corrected chi connectivity index (χ1v) is 18.9. The van der Waals surface area contributed by atoms with Gasteiger partial charge in [-0.15, -0.1) is 0 Å². The fourth-order valence-electron chi connectivity index (χ4n) is 10.5. The molecular formula is C24H14B9N2P2-2. The summed E-state index contributed by atoms with van der Waals surface area (Å²) in [4.78, 5) is 4.69. The number of fused-ring (bicyclic) bond motifs is 9. The van der Waals surface area contributed by atoms with Crippen LogP contribution in [0, 0.1) is 0 Å². The molecule has 13 heteroatoms. The maximum atomic E-state index is 4.69. The third-order valence-corrected chi connectivity index (χ3v) is 26.9. The molecule has 0 unspecified atom stereocenters. The Bertz CT molecular complexity index is 2090. The molecule has 10 heterocycles. The first kappa shape index (κ1) is 18.4.